The van der Waals surface area contributed by atoms with E-state index in [1.54, 1.807) is 12.1 Å². The number of phenolic OH excluding ortho intramolecular Hbond substituents is 1. The van der Waals surface area contributed by atoms with Crippen LogP contribution in [0.2, 0.25) is 0 Å². The van der Waals surface area contributed by atoms with Gasteiger partial charge in [-0.1, -0.05) is 29.3 Å². The number of aryl methyl sites for hydroxylation is 2. The number of fused-ring (bicyclic) bond motifs is 1. The minimum absolute atomic E-state index is 0.0333. The summed E-state index contributed by atoms with van der Waals surface area (Å²) in [6.45, 7) is 3.91. The minimum atomic E-state index is -0.212. The van der Waals surface area contributed by atoms with Crippen molar-refractivity contribution < 1.29 is 14.3 Å². The molecule has 27 heavy (non-hydrogen) atoms. The number of rotatable bonds is 3. The summed E-state index contributed by atoms with van der Waals surface area (Å²) in [6, 6.07) is 17.9. The number of carbonyl (C=O) groups excluding carboxylic acids is 1. The molecule has 0 aliphatic carbocycles. The zero-order valence-electron chi connectivity index (χ0n) is 15.0. The molecular formula is C22H18N2O3. The summed E-state index contributed by atoms with van der Waals surface area (Å²) >= 11 is 0. The van der Waals surface area contributed by atoms with Crippen LogP contribution >= 0.6 is 0 Å². The molecule has 0 bridgehead atoms. The van der Waals surface area contributed by atoms with Gasteiger partial charge in [-0.2, -0.15) is 0 Å². The molecule has 0 aliphatic rings. The van der Waals surface area contributed by atoms with Crippen LogP contribution in [-0.2, 0) is 0 Å². The maximum Gasteiger partial charge on any atom is 0.255 e. The maximum atomic E-state index is 12.6. The number of amides is 1. The SMILES string of the molecule is Cc1cc(C)cc(C(=O)Nc2ccc(O)c(-c3nc4ccccc4o3)c2)c1. The van der Waals surface area contributed by atoms with Gasteiger partial charge in [0.1, 0.15) is 11.3 Å². The van der Waals surface area contributed by atoms with Gasteiger partial charge in [0.25, 0.3) is 5.91 Å². The molecule has 0 aliphatic heterocycles. The second-order valence-electron chi connectivity index (χ2n) is 6.55. The number of nitrogens with one attached hydrogen (secondary N) is 1. The van der Waals surface area contributed by atoms with Crippen molar-refractivity contribution in [3.63, 3.8) is 0 Å². The van der Waals surface area contributed by atoms with Crippen LogP contribution in [-0.4, -0.2) is 16.0 Å². The van der Waals surface area contributed by atoms with Crippen LogP contribution in [0.25, 0.3) is 22.6 Å². The molecule has 5 nitrogen and oxygen atoms in total. The molecule has 5 heteroatoms. The van der Waals surface area contributed by atoms with E-state index in [2.05, 4.69) is 10.3 Å². The number of aromatic hydroxyl groups is 1. The van der Waals surface area contributed by atoms with Crippen LogP contribution in [0.5, 0.6) is 5.75 Å². The van der Waals surface area contributed by atoms with E-state index in [4.69, 9.17) is 4.42 Å². The van der Waals surface area contributed by atoms with Crippen molar-refractivity contribution in [2.45, 2.75) is 13.8 Å². The first kappa shape index (κ1) is 16.8. The van der Waals surface area contributed by atoms with Crippen molar-refractivity contribution in [3.05, 3.63) is 77.4 Å². The van der Waals surface area contributed by atoms with Crippen LogP contribution in [0.3, 0.4) is 0 Å². The molecule has 0 fully saturated rings. The third-order valence-corrected chi connectivity index (χ3v) is 4.26. The van der Waals surface area contributed by atoms with E-state index in [1.165, 1.54) is 6.07 Å². The predicted molar refractivity (Wildman–Crippen MR) is 105 cm³/mol. The Bertz CT molecular complexity index is 1110. The Morgan fingerprint density at radius 3 is 2.48 bits per heavy atom. The summed E-state index contributed by atoms with van der Waals surface area (Å²) in [5.74, 6) is 0.123. The second kappa shape index (κ2) is 6.61. The number of para-hydroxylation sites is 2. The fourth-order valence-corrected chi connectivity index (χ4v) is 3.08. The Kier molecular flexibility index (Phi) is 4.12. The standard InChI is InChI=1S/C22H18N2O3/c1-13-9-14(2)11-15(10-13)21(26)23-16-7-8-19(25)17(12-16)22-24-18-5-3-4-6-20(18)27-22/h3-12,25H,1-2H3,(H,23,26). The molecule has 0 spiro atoms. The number of hydrogen-bond donors (Lipinski definition) is 2. The molecule has 3 aromatic carbocycles. The Balaban J connectivity index is 1.66. The number of phenols is 1. The average Bonchev–Trinajstić information content (AvgIpc) is 3.06. The Morgan fingerprint density at radius 1 is 1.00 bits per heavy atom. The highest BCUT2D eigenvalue weighted by Gasteiger charge is 2.14. The molecule has 0 atom stereocenters. The number of benzene rings is 3. The van der Waals surface area contributed by atoms with Crippen LogP contribution in [0, 0.1) is 13.8 Å². The molecule has 4 rings (SSSR count). The van der Waals surface area contributed by atoms with Crippen LogP contribution in [0.1, 0.15) is 21.5 Å². The zero-order chi connectivity index (χ0) is 19.0. The molecule has 0 unspecified atom stereocenters. The fourth-order valence-electron chi connectivity index (χ4n) is 3.08. The van der Waals surface area contributed by atoms with Gasteiger partial charge in [0.15, 0.2) is 5.58 Å². The molecule has 1 heterocycles. The summed E-state index contributed by atoms with van der Waals surface area (Å²) in [5, 5.41) is 13.1. The molecular weight excluding hydrogens is 340 g/mol. The highest BCUT2D eigenvalue weighted by Crippen LogP contribution is 2.33. The lowest BCUT2D eigenvalue weighted by molar-refractivity contribution is 0.102. The van der Waals surface area contributed by atoms with Crippen LogP contribution in [0.15, 0.2) is 65.1 Å². The van der Waals surface area contributed by atoms with Gasteiger partial charge in [-0.05, 0) is 56.3 Å². The Hall–Kier alpha value is -3.60. The smallest absolute Gasteiger partial charge is 0.255 e. The van der Waals surface area contributed by atoms with E-state index >= 15 is 0 Å². The molecule has 0 saturated carbocycles. The highest BCUT2D eigenvalue weighted by atomic mass is 16.3. The summed E-state index contributed by atoms with van der Waals surface area (Å²) in [6.07, 6.45) is 0. The van der Waals surface area contributed by atoms with E-state index < -0.39 is 0 Å². The number of anilines is 1. The third-order valence-electron chi connectivity index (χ3n) is 4.26. The van der Waals surface area contributed by atoms with E-state index in [9.17, 15) is 9.90 Å². The van der Waals surface area contributed by atoms with Crippen molar-refractivity contribution >= 4 is 22.7 Å². The molecule has 2 N–H and O–H groups in total. The van der Waals surface area contributed by atoms with Crippen molar-refractivity contribution in [2.24, 2.45) is 0 Å². The van der Waals surface area contributed by atoms with Gasteiger partial charge in [0.2, 0.25) is 5.89 Å². The van der Waals surface area contributed by atoms with Gasteiger partial charge in [-0.15, -0.1) is 0 Å². The first-order chi connectivity index (χ1) is 13.0. The fraction of sp³-hybridized carbons (Fsp3) is 0.0909. The van der Waals surface area contributed by atoms with Crippen LogP contribution in [0.4, 0.5) is 5.69 Å². The lowest BCUT2D eigenvalue weighted by Gasteiger charge is -2.09. The molecule has 0 radical (unpaired) electrons. The lowest BCUT2D eigenvalue weighted by atomic mass is 10.1. The van der Waals surface area contributed by atoms with Gasteiger partial charge in [-0.25, -0.2) is 4.98 Å². The number of carbonyl (C=O) groups is 1. The van der Waals surface area contributed by atoms with Crippen molar-refractivity contribution in [1.82, 2.24) is 4.98 Å². The average molecular weight is 358 g/mol. The monoisotopic (exact) mass is 358 g/mol. The van der Waals surface area contributed by atoms with Gasteiger partial charge in [0.05, 0.1) is 5.56 Å². The quantitative estimate of drug-likeness (QED) is 0.501. The van der Waals surface area contributed by atoms with Crippen molar-refractivity contribution in [1.29, 1.82) is 0 Å². The number of hydrogen-bond acceptors (Lipinski definition) is 4. The van der Waals surface area contributed by atoms with E-state index in [1.807, 2.05) is 56.3 Å². The van der Waals surface area contributed by atoms with Gasteiger partial charge < -0.3 is 14.8 Å². The Labute approximate surface area is 156 Å². The zero-order valence-corrected chi connectivity index (χ0v) is 15.0. The number of aromatic nitrogens is 1. The van der Waals surface area contributed by atoms with Gasteiger partial charge in [-0.3, -0.25) is 4.79 Å². The summed E-state index contributed by atoms with van der Waals surface area (Å²) < 4.78 is 5.73. The lowest BCUT2D eigenvalue weighted by Crippen LogP contribution is -2.12. The minimum Gasteiger partial charge on any atom is -0.507 e. The van der Waals surface area contributed by atoms with Crippen molar-refractivity contribution in [2.75, 3.05) is 5.32 Å². The molecule has 1 amide bonds. The molecule has 4 aromatic rings. The van der Waals surface area contributed by atoms with Crippen LogP contribution < -0.4 is 5.32 Å². The third kappa shape index (κ3) is 3.40. The first-order valence-electron chi connectivity index (χ1n) is 8.58. The highest BCUT2D eigenvalue weighted by molar-refractivity contribution is 6.04. The number of nitrogens with zero attached hydrogens (tertiary/aromatic N) is 1. The second-order valence-corrected chi connectivity index (χ2v) is 6.55. The summed E-state index contributed by atoms with van der Waals surface area (Å²) in [7, 11) is 0. The molecule has 1 aromatic heterocycles. The number of oxazole rings is 1. The Morgan fingerprint density at radius 2 is 1.74 bits per heavy atom. The topological polar surface area (TPSA) is 75.4 Å². The largest absolute Gasteiger partial charge is 0.507 e. The summed E-state index contributed by atoms with van der Waals surface area (Å²) in [4.78, 5) is 17.0. The van der Waals surface area contributed by atoms with Crippen molar-refractivity contribution in [3.8, 4) is 17.2 Å². The predicted octanol–water partition coefficient (Wildman–Crippen LogP) is 5.07. The van der Waals surface area contributed by atoms with E-state index in [0.29, 0.717) is 33.8 Å². The normalized spacial score (nSPS) is 10.9. The maximum absolute atomic E-state index is 12.6. The summed E-state index contributed by atoms with van der Waals surface area (Å²) in [5.41, 5.74) is 4.95. The first-order valence-corrected chi connectivity index (χ1v) is 8.58. The molecule has 134 valence electrons. The van der Waals surface area contributed by atoms with E-state index in [-0.39, 0.29) is 11.7 Å². The van der Waals surface area contributed by atoms with Gasteiger partial charge >= 0.3 is 0 Å². The van der Waals surface area contributed by atoms with E-state index in [0.717, 1.165) is 11.1 Å². The molecule has 0 saturated heterocycles. The van der Waals surface area contributed by atoms with Gasteiger partial charge in [0, 0.05) is 11.3 Å².